The molecule has 1 saturated carbocycles. The van der Waals surface area contributed by atoms with Crippen LogP contribution in [-0.2, 0) is 0 Å². The van der Waals surface area contributed by atoms with Crippen molar-refractivity contribution >= 4 is 35.1 Å². The number of nitrogens with one attached hydrogen (secondary N) is 3. The van der Waals surface area contributed by atoms with Crippen molar-refractivity contribution in [3.8, 4) is 0 Å². The van der Waals surface area contributed by atoms with Crippen LogP contribution >= 0.6 is 12.4 Å². The average molecular weight is 320 g/mol. The summed E-state index contributed by atoms with van der Waals surface area (Å²) in [6, 6.07) is 9.08. The van der Waals surface area contributed by atoms with Crippen LogP contribution in [0.15, 0.2) is 24.3 Å². The van der Waals surface area contributed by atoms with Gasteiger partial charge in [-0.15, -0.1) is 12.4 Å². The number of fused-ring (bicyclic) bond motifs is 1. The zero-order valence-electron chi connectivity index (χ0n) is 12.5. The van der Waals surface area contributed by atoms with E-state index in [0.29, 0.717) is 12.1 Å². The number of piperidine rings is 1. The van der Waals surface area contributed by atoms with Gasteiger partial charge in [-0.3, -0.25) is 0 Å². The first kappa shape index (κ1) is 15.3. The summed E-state index contributed by atoms with van der Waals surface area (Å²) in [5.74, 6) is 1.80. The third-order valence-electron chi connectivity index (χ3n) is 4.13. The molecule has 0 spiro atoms. The summed E-state index contributed by atoms with van der Waals surface area (Å²) in [6.45, 7) is 2.12. The lowest BCUT2D eigenvalue weighted by Crippen LogP contribution is -2.38. The summed E-state index contributed by atoms with van der Waals surface area (Å²) in [5.41, 5.74) is 1.90. The zero-order chi connectivity index (χ0) is 14.1. The van der Waals surface area contributed by atoms with Crippen LogP contribution in [0.2, 0.25) is 0 Å². The minimum atomic E-state index is 0. The lowest BCUT2D eigenvalue weighted by atomic mass is 10.1. The van der Waals surface area contributed by atoms with Gasteiger partial charge in [-0.1, -0.05) is 12.1 Å². The van der Waals surface area contributed by atoms with E-state index >= 15 is 0 Å². The molecule has 4 rings (SSSR count). The maximum atomic E-state index is 4.79. The molecule has 1 aromatic heterocycles. The van der Waals surface area contributed by atoms with Crippen LogP contribution in [0.25, 0.3) is 11.0 Å². The van der Waals surface area contributed by atoms with Crippen LogP contribution in [0.3, 0.4) is 0 Å². The number of rotatable bonds is 4. The Morgan fingerprint density at radius 2 is 1.55 bits per heavy atom. The molecule has 2 aliphatic rings. The first-order valence-electron chi connectivity index (χ1n) is 7.89. The predicted molar refractivity (Wildman–Crippen MR) is 92.9 cm³/mol. The molecule has 0 amide bonds. The lowest BCUT2D eigenvalue weighted by molar-refractivity contribution is 0.479. The van der Waals surface area contributed by atoms with Crippen molar-refractivity contribution < 1.29 is 0 Å². The van der Waals surface area contributed by atoms with E-state index in [1.54, 1.807) is 0 Å². The molecule has 0 unspecified atom stereocenters. The van der Waals surface area contributed by atoms with Crippen molar-refractivity contribution in [1.82, 2.24) is 15.3 Å². The fourth-order valence-electron chi connectivity index (χ4n) is 2.79. The Kier molecular flexibility index (Phi) is 4.64. The second kappa shape index (κ2) is 6.67. The van der Waals surface area contributed by atoms with Gasteiger partial charge in [0.25, 0.3) is 0 Å². The standard InChI is InChI=1S/C16H21N5.ClH/c1-2-6-14-13(5-1)20-15(18-11-7-8-11)16(21-14)19-12-4-3-9-17-10-12;/h1-2,5-6,11-12,17H,3-4,7-10H2,(H,18,20)(H,19,21);1H/t12-;/m1./s1. The number of halogens is 1. The minimum absolute atomic E-state index is 0. The van der Waals surface area contributed by atoms with Gasteiger partial charge in [0.2, 0.25) is 0 Å². The fraction of sp³-hybridized carbons (Fsp3) is 0.500. The fourth-order valence-corrected chi connectivity index (χ4v) is 2.79. The molecular weight excluding hydrogens is 298 g/mol. The topological polar surface area (TPSA) is 61.9 Å². The van der Waals surface area contributed by atoms with Crippen LogP contribution in [0.5, 0.6) is 0 Å². The molecular formula is C16H22ClN5. The SMILES string of the molecule is Cl.c1ccc2nc(N[C@@H]3CCCNC3)c(NC3CC3)nc2c1. The maximum absolute atomic E-state index is 4.79. The smallest absolute Gasteiger partial charge is 0.170 e. The summed E-state index contributed by atoms with van der Waals surface area (Å²) in [4.78, 5) is 9.55. The van der Waals surface area contributed by atoms with Gasteiger partial charge in [0.05, 0.1) is 11.0 Å². The highest BCUT2D eigenvalue weighted by atomic mass is 35.5. The maximum Gasteiger partial charge on any atom is 0.170 e. The normalized spacial score (nSPS) is 21.2. The van der Waals surface area contributed by atoms with E-state index in [2.05, 4.69) is 16.0 Å². The monoisotopic (exact) mass is 319 g/mol. The van der Waals surface area contributed by atoms with Crippen LogP contribution in [0.1, 0.15) is 25.7 Å². The van der Waals surface area contributed by atoms with Crippen molar-refractivity contribution in [3.63, 3.8) is 0 Å². The van der Waals surface area contributed by atoms with E-state index in [4.69, 9.17) is 9.97 Å². The Labute approximate surface area is 136 Å². The Morgan fingerprint density at radius 1 is 0.909 bits per heavy atom. The zero-order valence-corrected chi connectivity index (χ0v) is 13.3. The van der Waals surface area contributed by atoms with Crippen LogP contribution in [0, 0.1) is 0 Å². The van der Waals surface area contributed by atoms with Crippen molar-refractivity contribution in [2.24, 2.45) is 0 Å². The second-order valence-corrected chi connectivity index (χ2v) is 6.02. The molecule has 2 fully saturated rings. The molecule has 3 N–H and O–H groups in total. The molecule has 1 aliphatic heterocycles. The van der Waals surface area contributed by atoms with Crippen LogP contribution in [0.4, 0.5) is 11.6 Å². The number of aromatic nitrogens is 2. The molecule has 2 heterocycles. The largest absolute Gasteiger partial charge is 0.364 e. The molecule has 0 bridgehead atoms. The highest BCUT2D eigenvalue weighted by Gasteiger charge is 2.24. The average Bonchev–Trinajstić information content (AvgIpc) is 3.33. The summed E-state index contributed by atoms with van der Waals surface area (Å²) in [5, 5.41) is 10.5. The second-order valence-electron chi connectivity index (χ2n) is 6.02. The molecule has 5 nitrogen and oxygen atoms in total. The Hall–Kier alpha value is -1.59. The highest BCUT2D eigenvalue weighted by Crippen LogP contribution is 2.29. The molecule has 1 aliphatic carbocycles. The van der Waals surface area contributed by atoms with Crippen LogP contribution in [-0.4, -0.2) is 35.1 Å². The first-order chi connectivity index (χ1) is 10.4. The third kappa shape index (κ3) is 3.42. The van der Waals surface area contributed by atoms with Gasteiger partial charge < -0.3 is 16.0 Å². The minimum Gasteiger partial charge on any atom is -0.364 e. The molecule has 22 heavy (non-hydrogen) atoms. The number of benzene rings is 1. The molecule has 2 aromatic rings. The first-order valence-corrected chi connectivity index (χ1v) is 7.89. The van der Waals surface area contributed by atoms with Crippen molar-refractivity contribution in [1.29, 1.82) is 0 Å². The number of hydrogen-bond donors (Lipinski definition) is 3. The number of nitrogens with zero attached hydrogens (tertiary/aromatic N) is 2. The van der Waals surface area contributed by atoms with E-state index in [1.165, 1.54) is 25.7 Å². The molecule has 0 radical (unpaired) electrons. The van der Waals surface area contributed by atoms with E-state index < -0.39 is 0 Å². The molecule has 118 valence electrons. The van der Waals surface area contributed by atoms with Gasteiger partial charge >= 0.3 is 0 Å². The van der Waals surface area contributed by atoms with E-state index in [9.17, 15) is 0 Å². The van der Waals surface area contributed by atoms with Gasteiger partial charge in [-0.2, -0.15) is 0 Å². The summed E-state index contributed by atoms with van der Waals surface area (Å²) in [6.07, 6.45) is 4.87. The molecule has 1 atom stereocenters. The highest BCUT2D eigenvalue weighted by molar-refractivity contribution is 5.85. The Balaban J connectivity index is 0.00000144. The summed E-state index contributed by atoms with van der Waals surface area (Å²) < 4.78 is 0. The summed E-state index contributed by atoms with van der Waals surface area (Å²) >= 11 is 0. The van der Waals surface area contributed by atoms with E-state index in [1.807, 2.05) is 24.3 Å². The van der Waals surface area contributed by atoms with Gasteiger partial charge in [0.1, 0.15) is 0 Å². The van der Waals surface area contributed by atoms with Crippen LogP contribution < -0.4 is 16.0 Å². The molecule has 1 aromatic carbocycles. The third-order valence-corrected chi connectivity index (χ3v) is 4.13. The van der Waals surface area contributed by atoms with E-state index in [0.717, 1.165) is 35.8 Å². The number of hydrogen-bond acceptors (Lipinski definition) is 5. The Morgan fingerprint density at radius 3 is 2.09 bits per heavy atom. The van der Waals surface area contributed by atoms with Gasteiger partial charge in [-0.25, -0.2) is 9.97 Å². The van der Waals surface area contributed by atoms with Gasteiger partial charge in [0.15, 0.2) is 11.6 Å². The van der Waals surface area contributed by atoms with E-state index in [-0.39, 0.29) is 12.4 Å². The number of anilines is 2. The number of para-hydroxylation sites is 2. The van der Waals surface area contributed by atoms with Crippen molar-refractivity contribution in [3.05, 3.63) is 24.3 Å². The predicted octanol–water partition coefficient (Wildman–Crippen LogP) is 2.79. The van der Waals surface area contributed by atoms with Gasteiger partial charge in [0, 0.05) is 18.6 Å². The van der Waals surface area contributed by atoms with Crippen molar-refractivity contribution in [2.75, 3.05) is 23.7 Å². The quantitative estimate of drug-likeness (QED) is 0.809. The lowest BCUT2D eigenvalue weighted by Gasteiger charge is -2.25. The van der Waals surface area contributed by atoms with Crippen molar-refractivity contribution in [2.45, 2.75) is 37.8 Å². The summed E-state index contributed by atoms with van der Waals surface area (Å²) in [7, 11) is 0. The van der Waals surface area contributed by atoms with Gasteiger partial charge in [-0.05, 0) is 44.4 Å². The molecule has 6 heteroatoms. The molecule has 1 saturated heterocycles. The Bertz CT molecular complexity index is 637.